The van der Waals surface area contributed by atoms with Crippen LogP contribution in [0.3, 0.4) is 0 Å². The second-order valence-electron chi connectivity index (χ2n) is 5.41. The number of carbonyl (C=O) groups is 1. The average molecular weight is 301 g/mol. The molecule has 116 valence electrons. The van der Waals surface area contributed by atoms with Crippen molar-refractivity contribution in [2.24, 2.45) is 11.8 Å². The highest BCUT2D eigenvalue weighted by Gasteiger charge is 2.52. The summed E-state index contributed by atoms with van der Waals surface area (Å²) < 4.78 is 38.8. The number of rotatable bonds is 4. The maximum Gasteiger partial charge on any atom is 0.393 e. The molecule has 0 spiro atoms. The third kappa shape index (κ3) is 3.56. The topological polar surface area (TPSA) is 40.5 Å². The van der Waals surface area contributed by atoms with Crippen LogP contribution in [0.4, 0.5) is 13.2 Å². The van der Waals surface area contributed by atoms with Gasteiger partial charge in [0.2, 0.25) is 0 Å². The summed E-state index contributed by atoms with van der Waals surface area (Å²) in [5.41, 5.74) is 2.05. The molecule has 0 radical (unpaired) electrons. The van der Waals surface area contributed by atoms with Crippen LogP contribution in [-0.2, 0) is 17.8 Å². The van der Waals surface area contributed by atoms with E-state index < -0.39 is 24.0 Å². The van der Waals surface area contributed by atoms with Crippen LogP contribution in [0.5, 0.6) is 0 Å². The monoisotopic (exact) mass is 301 g/mol. The second kappa shape index (κ2) is 6.05. The number of hydrogen-bond acceptors (Lipinski definition) is 2. The maximum atomic E-state index is 12.9. The average Bonchev–Trinajstić information content (AvgIpc) is 2.83. The molecule has 1 aromatic rings. The normalized spacial score (nSPS) is 23.4. The summed E-state index contributed by atoms with van der Waals surface area (Å²) in [4.78, 5) is 12.6. The number of alkyl halides is 3. The van der Waals surface area contributed by atoms with Gasteiger partial charge in [0.1, 0.15) is 0 Å². The molecule has 1 fully saturated rings. The first-order chi connectivity index (χ1) is 9.82. The van der Waals surface area contributed by atoms with Crippen LogP contribution in [0, 0.1) is 11.8 Å². The zero-order valence-electron chi connectivity index (χ0n) is 11.7. The first-order valence-electron chi connectivity index (χ1n) is 6.91. The van der Waals surface area contributed by atoms with Gasteiger partial charge in [-0.05, 0) is 17.5 Å². The molecule has 2 atom stereocenters. The number of benzene rings is 1. The molecule has 0 amide bonds. The van der Waals surface area contributed by atoms with Gasteiger partial charge in [0.15, 0.2) is 0 Å². The molecule has 1 aliphatic heterocycles. The number of nitrogens with zero attached hydrogens (tertiary/aromatic N) is 1. The van der Waals surface area contributed by atoms with Crippen LogP contribution in [0.15, 0.2) is 24.3 Å². The van der Waals surface area contributed by atoms with Crippen molar-refractivity contribution in [3.63, 3.8) is 0 Å². The summed E-state index contributed by atoms with van der Waals surface area (Å²) in [6.07, 6.45) is -3.67. The van der Waals surface area contributed by atoms with Gasteiger partial charge in [-0.15, -0.1) is 0 Å². The van der Waals surface area contributed by atoms with E-state index in [0.717, 1.165) is 17.5 Å². The van der Waals surface area contributed by atoms with Crippen molar-refractivity contribution >= 4 is 5.97 Å². The summed E-state index contributed by atoms with van der Waals surface area (Å²) in [5.74, 6) is -4.54. The Hall–Kier alpha value is -1.56. The lowest BCUT2D eigenvalue weighted by Gasteiger charge is -2.19. The Morgan fingerprint density at radius 3 is 2.38 bits per heavy atom. The Labute approximate surface area is 121 Å². The smallest absolute Gasteiger partial charge is 0.393 e. The van der Waals surface area contributed by atoms with E-state index in [1.807, 2.05) is 31.2 Å². The van der Waals surface area contributed by atoms with Crippen molar-refractivity contribution < 1.29 is 23.1 Å². The SMILES string of the molecule is CCc1ccccc1CN1C[C@@H](C(F)(F)F)[C@H](C(=O)O)C1. The van der Waals surface area contributed by atoms with Gasteiger partial charge in [-0.3, -0.25) is 9.69 Å². The lowest BCUT2D eigenvalue weighted by Crippen LogP contribution is -2.33. The summed E-state index contributed by atoms with van der Waals surface area (Å²) in [6.45, 7) is 2.04. The van der Waals surface area contributed by atoms with E-state index in [2.05, 4.69) is 0 Å². The molecule has 0 aliphatic carbocycles. The Kier molecular flexibility index (Phi) is 4.56. The third-order valence-corrected chi connectivity index (χ3v) is 4.03. The second-order valence-corrected chi connectivity index (χ2v) is 5.41. The molecule has 0 saturated carbocycles. The summed E-state index contributed by atoms with van der Waals surface area (Å²) in [5, 5.41) is 9.00. The quantitative estimate of drug-likeness (QED) is 0.929. The Balaban J connectivity index is 2.14. The fourth-order valence-corrected chi connectivity index (χ4v) is 2.89. The maximum absolute atomic E-state index is 12.9. The molecule has 1 aliphatic rings. The molecule has 1 aromatic carbocycles. The minimum Gasteiger partial charge on any atom is -0.481 e. The number of likely N-dealkylation sites (tertiary alicyclic amines) is 1. The molecule has 1 N–H and O–H groups in total. The van der Waals surface area contributed by atoms with Crippen molar-refractivity contribution in [3.8, 4) is 0 Å². The van der Waals surface area contributed by atoms with Crippen molar-refractivity contribution in [2.75, 3.05) is 13.1 Å². The van der Waals surface area contributed by atoms with Crippen LogP contribution < -0.4 is 0 Å². The number of carboxylic acids is 1. The van der Waals surface area contributed by atoms with Crippen LogP contribution in [0.1, 0.15) is 18.1 Å². The molecular weight excluding hydrogens is 283 g/mol. The number of hydrogen-bond donors (Lipinski definition) is 1. The van der Waals surface area contributed by atoms with Gasteiger partial charge in [-0.25, -0.2) is 0 Å². The number of halogens is 3. The number of aryl methyl sites for hydroxylation is 1. The Morgan fingerprint density at radius 2 is 1.90 bits per heavy atom. The zero-order chi connectivity index (χ0) is 15.6. The van der Waals surface area contributed by atoms with Gasteiger partial charge in [0.25, 0.3) is 0 Å². The highest BCUT2D eigenvalue weighted by atomic mass is 19.4. The fraction of sp³-hybridized carbons (Fsp3) is 0.533. The molecule has 0 aromatic heterocycles. The Bertz CT molecular complexity index is 516. The summed E-state index contributed by atoms with van der Waals surface area (Å²) in [6, 6.07) is 7.57. The third-order valence-electron chi connectivity index (χ3n) is 4.03. The van der Waals surface area contributed by atoms with E-state index in [9.17, 15) is 18.0 Å². The van der Waals surface area contributed by atoms with E-state index in [1.165, 1.54) is 0 Å². The first-order valence-corrected chi connectivity index (χ1v) is 6.91. The highest BCUT2D eigenvalue weighted by Crippen LogP contribution is 2.38. The standard InChI is InChI=1S/C15H18F3NO2/c1-2-10-5-3-4-6-11(10)7-19-8-12(14(20)21)13(9-19)15(16,17)18/h3-6,12-13H,2,7-9H2,1H3,(H,20,21)/t12-,13-/m1/s1. The molecular formula is C15H18F3NO2. The molecule has 6 heteroatoms. The summed E-state index contributed by atoms with van der Waals surface area (Å²) in [7, 11) is 0. The van der Waals surface area contributed by atoms with Gasteiger partial charge in [0, 0.05) is 19.6 Å². The van der Waals surface area contributed by atoms with Crippen LogP contribution in [0.2, 0.25) is 0 Å². The predicted molar refractivity (Wildman–Crippen MR) is 71.8 cm³/mol. The van der Waals surface area contributed by atoms with Crippen molar-refractivity contribution in [3.05, 3.63) is 35.4 Å². The van der Waals surface area contributed by atoms with Crippen molar-refractivity contribution in [1.82, 2.24) is 4.90 Å². The van der Waals surface area contributed by atoms with E-state index in [-0.39, 0.29) is 13.1 Å². The van der Waals surface area contributed by atoms with Gasteiger partial charge in [-0.1, -0.05) is 31.2 Å². The molecule has 3 nitrogen and oxygen atoms in total. The van der Waals surface area contributed by atoms with E-state index in [4.69, 9.17) is 5.11 Å². The minimum absolute atomic E-state index is 0.0580. The number of carboxylic acid groups (broad SMARTS) is 1. The van der Waals surface area contributed by atoms with Gasteiger partial charge >= 0.3 is 12.1 Å². The largest absolute Gasteiger partial charge is 0.481 e. The first kappa shape index (κ1) is 15.8. The van der Waals surface area contributed by atoms with Crippen molar-refractivity contribution in [1.29, 1.82) is 0 Å². The van der Waals surface area contributed by atoms with Crippen molar-refractivity contribution in [2.45, 2.75) is 26.1 Å². The summed E-state index contributed by atoms with van der Waals surface area (Å²) >= 11 is 0. The number of aliphatic carboxylic acids is 1. The van der Waals surface area contributed by atoms with Gasteiger partial charge in [0.05, 0.1) is 11.8 Å². The molecule has 1 heterocycles. The van der Waals surface area contributed by atoms with E-state index >= 15 is 0 Å². The van der Waals surface area contributed by atoms with Gasteiger partial charge < -0.3 is 5.11 Å². The molecule has 1 saturated heterocycles. The highest BCUT2D eigenvalue weighted by molar-refractivity contribution is 5.71. The fourth-order valence-electron chi connectivity index (χ4n) is 2.89. The Morgan fingerprint density at radius 1 is 1.29 bits per heavy atom. The predicted octanol–water partition coefficient (Wildman–Crippen LogP) is 2.94. The molecule has 0 unspecified atom stereocenters. The molecule has 2 rings (SSSR count). The lowest BCUT2D eigenvalue weighted by atomic mass is 9.96. The van der Waals surface area contributed by atoms with E-state index in [1.54, 1.807) is 4.90 Å². The van der Waals surface area contributed by atoms with Crippen LogP contribution in [-0.4, -0.2) is 35.2 Å². The van der Waals surface area contributed by atoms with Crippen LogP contribution in [0.25, 0.3) is 0 Å². The zero-order valence-corrected chi connectivity index (χ0v) is 11.7. The lowest BCUT2D eigenvalue weighted by molar-refractivity contribution is -0.188. The van der Waals surface area contributed by atoms with E-state index in [0.29, 0.717) is 6.54 Å². The molecule has 0 bridgehead atoms. The minimum atomic E-state index is -4.47. The van der Waals surface area contributed by atoms with Crippen LogP contribution >= 0.6 is 0 Å². The molecule has 21 heavy (non-hydrogen) atoms. The van der Waals surface area contributed by atoms with Gasteiger partial charge in [-0.2, -0.15) is 13.2 Å².